The van der Waals surface area contributed by atoms with Gasteiger partial charge in [-0.2, -0.15) is 0 Å². The first-order valence-corrected chi connectivity index (χ1v) is 15.4. The Morgan fingerprint density at radius 2 is 1.88 bits per heavy atom. The molecule has 0 unspecified atom stereocenters. The lowest BCUT2D eigenvalue weighted by Crippen LogP contribution is -2.40. The van der Waals surface area contributed by atoms with E-state index in [1.165, 1.54) is 19.3 Å². The third kappa shape index (κ3) is 6.68. The lowest BCUT2D eigenvalue weighted by molar-refractivity contribution is 0.102. The Morgan fingerprint density at radius 3 is 2.61 bits per heavy atom. The summed E-state index contributed by atoms with van der Waals surface area (Å²) in [6.07, 6.45) is 8.11. The molecule has 2 fully saturated rings. The quantitative estimate of drug-likeness (QED) is 0.423. The molecule has 2 aliphatic heterocycles. The van der Waals surface area contributed by atoms with Crippen molar-refractivity contribution in [3.63, 3.8) is 0 Å². The molecule has 0 aliphatic carbocycles. The summed E-state index contributed by atoms with van der Waals surface area (Å²) in [5.74, 6) is 0.361. The predicted octanol–water partition coefficient (Wildman–Crippen LogP) is 6.35. The van der Waals surface area contributed by atoms with Crippen LogP contribution in [0.15, 0.2) is 29.6 Å². The molecule has 5 nitrogen and oxygen atoms in total. The Bertz CT molecular complexity index is 918. The van der Waals surface area contributed by atoms with Gasteiger partial charge in [0, 0.05) is 35.7 Å². The van der Waals surface area contributed by atoms with Crippen molar-refractivity contribution in [2.75, 3.05) is 49.2 Å². The number of anilines is 2. The number of likely N-dealkylation sites (tertiary alicyclic amines) is 1. The summed E-state index contributed by atoms with van der Waals surface area (Å²) in [5, 5.41) is 6.18. The molecule has 0 saturated carbocycles. The second-order valence-electron chi connectivity index (χ2n) is 9.65. The highest BCUT2D eigenvalue weighted by molar-refractivity contribution is 8.76. The van der Waals surface area contributed by atoms with Crippen LogP contribution in [0.25, 0.3) is 0 Å². The van der Waals surface area contributed by atoms with Crippen LogP contribution in [0.4, 0.5) is 11.4 Å². The molecule has 2 aromatic rings. The van der Waals surface area contributed by atoms with E-state index in [-0.39, 0.29) is 10.7 Å². The first-order valence-electron chi connectivity index (χ1n) is 12.0. The number of thiazole rings is 1. The smallest absolute Gasteiger partial charge is 0.275 e. The Morgan fingerprint density at radius 1 is 1.15 bits per heavy atom. The first-order chi connectivity index (χ1) is 15.9. The summed E-state index contributed by atoms with van der Waals surface area (Å²) in [5.41, 5.74) is 2.55. The highest BCUT2D eigenvalue weighted by atomic mass is 33.1. The van der Waals surface area contributed by atoms with E-state index in [9.17, 15) is 4.79 Å². The van der Waals surface area contributed by atoms with Crippen molar-refractivity contribution in [2.45, 2.75) is 56.6 Å². The molecular formula is C25H36N4OS3. The first kappa shape index (κ1) is 24.9. The Kier molecular flexibility index (Phi) is 8.65. The van der Waals surface area contributed by atoms with Crippen molar-refractivity contribution < 1.29 is 4.79 Å². The van der Waals surface area contributed by atoms with Gasteiger partial charge in [-0.25, -0.2) is 4.98 Å². The maximum absolute atomic E-state index is 13.0. The summed E-state index contributed by atoms with van der Waals surface area (Å²) in [4.78, 5) is 22.8. The zero-order valence-corrected chi connectivity index (χ0v) is 22.5. The largest absolute Gasteiger partial charge is 0.370 e. The second-order valence-corrected chi connectivity index (χ2v) is 13.6. The van der Waals surface area contributed by atoms with Crippen LogP contribution < -0.4 is 10.2 Å². The normalized spacial score (nSPS) is 18.5. The van der Waals surface area contributed by atoms with Crippen LogP contribution in [0.5, 0.6) is 0 Å². The molecule has 8 heteroatoms. The second kappa shape index (κ2) is 11.5. The molecule has 0 atom stereocenters. The third-order valence-corrected chi connectivity index (χ3v) is 10.1. The summed E-state index contributed by atoms with van der Waals surface area (Å²) >= 11 is 1.64. The van der Waals surface area contributed by atoms with Gasteiger partial charge in [-0.3, -0.25) is 4.79 Å². The van der Waals surface area contributed by atoms with Gasteiger partial charge in [0.05, 0.1) is 16.4 Å². The number of carbonyl (C=O) groups excluding carboxylic acids is 1. The molecule has 180 valence electrons. The Labute approximate surface area is 210 Å². The fourth-order valence-corrected chi connectivity index (χ4v) is 8.05. The average molecular weight is 505 g/mol. The molecule has 4 rings (SSSR count). The van der Waals surface area contributed by atoms with Crippen LogP contribution in [0.1, 0.15) is 67.4 Å². The zero-order chi connectivity index (χ0) is 23.3. The van der Waals surface area contributed by atoms with Crippen molar-refractivity contribution in [1.82, 2.24) is 9.88 Å². The number of carbonyl (C=O) groups is 1. The van der Waals surface area contributed by atoms with Crippen molar-refractivity contribution in [3.8, 4) is 0 Å². The number of para-hydroxylation sites is 2. The van der Waals surface area contributed by atoms with E-state index in [2.05, 4.69) is 41.3 Å². The van der Waals surface area contributed by atoms with Gasteiger partial charge in [-0.15, -0.1) is 11.3 Å². The number of rotatable bonds is 8. The van der Waals surface area contributed by atoms with Gasteiger partial charge in [-0.05, 0) is 77.4 Å². The van der Waals surface area contributed by atoms with Crippen LogP contribution in [0, 0.1) is 0 Å². The SMILES string of the molecule is CSSC(C)(C)CN1CCC(c2nc(C(=O)Nc3ccccc3N3CCCCC3)cs2)CC1. The fraction of sp³-hybridized carbons (Fsp3) is 0.600. The molecule has 1 amide bonds. The highest BCUT2D eigenvalue weighted by Gasteiger charge is 2.28. The van der Waals surface area contributed by atoms with Crippen LogP contribution in [0.3, 0.4) is 0 Å². The molecule has 3 heterocycles. The number of amides is 1. The van der Waals surface area contributed by atoms with E-state index in [0.717, 1.165) is 61.9 Å². The third-order valence-electron chi connectivity index (χ3n) is 6.45. The lowest BCUT2D eigenvalue weighted by Gasteiger charge is -2.36. The number of nitrogens with one attached hydrogen (secondary N) is 1. The van der Waals surface area contributed by atoms with Crippen molar-refractivity contribution in [1.29, 1.82) is 0 Å². The van der Waals surface area contributed by atoms with Gasteiger partial charge >= 0.3 is 0 Å². The fourth-order valence-electron chi connectivity index (χ4n) is 4.88. The van der Waals surface area contributed by atoms with E-state index in [4.69, 9.17) is 4.98 Å². The van der Waals surface area contributed by atoms with Crippen molar-refractivity contribution >= 4 is 50.2 Å². The molecule has 1 aromatic carbocycles. The number of nitrogens with zero attached hydrogens (tertiary/aromatic N) is 3. The van der Waals surface area contributed by atoms with Gasteiger partial charge in [0.15, 0.2) is 0 Å². The number of aromatic nitrogens is 1. The maximum atomic E-state index is 13.0. The number of benzene rings is 1. The van der Waals surface area contributed by atoms with E-state index >= 15 is 0 Å². The maximum Gasteiger partial charge on any atom is 0.275 e. The van der Waals surface area contributed by atoms with Crippen LogP contribution in [0.2, 0.25) is 0 Å². The molecule has 1 N–H and O–H groups in total. The van der Waals surface area contributed by atoms with Gasteiger partial charge in [0.25, 0.3) is 5.91 Å². The highest BCUT2D eigenvalue weighted by Crippen LogP contribution is 2.36. The van der Waals surface area contributed by atoms with E-state index < -0.39 is 0 Å². The van der Waals surface area contributed by atoms with Crippen LogP contribution in [-0.2, 0) is 0 Å². The molecular weight excluding hydrogens is 469 g/mol. The topological polar surface area (TPSA) is 48.5 Å². The Balaban J connectivity index is 1.34. The summed E-state index contributed by atoms with van der Waals surface area (Å²) in [7, 11) is 3.81. The molecule has 33 heavy (non-hydrogen) atoms. The number of piperidine rings is 2. The van der Waals surface area contributed by atoms with E-state index in [1.807, 2.05) is 45.2 Å². The minimum atomic E-state index is -0.102. The summed E-state index contributed by atoms with van der Waals surface area (Å²) in [6.45, 7) is 10.1. The van der Waals surface area contributed by atoms with Gasteiger partial charge in [0.2, 0.25) is 0 Å². The molecule has 2 aliphatic rings. The minimum Gasteiger partial charge on any atom is -0.370 e. The summed E-state index contributed by atoms with van der Waals surface area (Å²) < 4.78 is 0.267. The van der Waals surface area contributed by atoms with Crippen molar-refractivity contribution in [2.24, 2.45) is 0 Å². The minimum absolute atomic E-state index is 0.102. The molecule has 1 aromatic heterocycles. The number of hydrogen-bond donors (Lipinski definition) is 1. The Hall–Kier alpha value is -1.22. The van der Waals surface area contributed by atoms with Gasteiger partial charge in [-0.1, -0.05) is 33.7 Å². The monoisotopic (exact) mass is 504 g/mol. The average Bonchev–Trinajstić information content (AvgIpc) is 3.31. The van der Waals surface area contributed by atoms with Gasteiger partial charge < -0.3 is 15.1 Å². The standard InChI is InChI=1S/C25H36N4OS3/c1-25(2,33-31-3)18-28-15-11-19(12-16-28)24-27-21(17-32-24)23(30)26-20-9-5-6-10-22(20)29-13-7-4-8-14-29/h5-6,9-10,17,19H,4,7-8,11-16,18H2,1-3H3,(H,26,30). The van der Waals surface area contributed by atoms with E-state index in [0.29, 0.717) is 11.6 Å². The molecule has 0 bridgehead atoms. The molecule has 2 saturated heterocycles. The predicted molar refractivity (Wildman–Crippen MR) is 146 cm³/mol. The lowest BCUT2D eigenvalue weighted by atomic mass is 9.97. The summed E-state index contributed by atoms with van der Waals surface area (Å²) in [6, 6.07) is 8.15. The van der Waals surface area contributed by atoms with Gasteiger partial charge in [0.1, 0.15) is 5.69 Å². The zero-order valence-electron chi connectivity index (χ0n) is 20.0. The molecule has 0 radical (unpaired) electrons. The van der Waals surface area contributed by atoms with Crippen LogP contribution >= 0.6 is 32.9 Å². The number of hydrogen-bond acceptors (Lipinski definition) is 7. The van der Waals surface area contributed by atoms with E-state index in [1.54, 1.807) is 11.3 Å². The van der Waals surface area contributed by atoms with Crippen LogP contribution in [-0.4, -0.2) is 59.5 Å². The van der Waals surface area contributed by atoms with Crippen molar-refractivity contribution in [3.05, 3.63) is 40.3 Å². The molecule has 0 spiro atoms.